The lowest BCUT2D eigenvalue weighted by Crippen LogP contribution is -2.97. The smallest absolute Gasteiger partial charge is 0.365 e. The zero-order chi connectivity index (χ0) is 20.3. The van der Waals surface area contributed by atoms with E-state index in [-0.39, 0.29) is 12.2 Å². The Balaban J connectivity index is 1.67. The van der Waals surface area contributed by atoms with Crippen LogP contribution in [0.4, 0.5) is 30.2 Å². The van der Waals surface area contributed by atoms with Crippen molar-refractivity contribution in [2.45, 2.75) is 6.18 Å². The number of hydrazone groups is 1. The van der Waals surface area contributed by atoms with E-state index in [1.54, 1.807) is 28.8 Å². The molecule has 0 bridgehead atoms. The van der Waals surface area contributed by atoms with E-state index in [9.17, 15) is 18.0 Å². The number of rotatable bonds is 5. The molecule has 0 spiro atoms. The minimum atomic E-state index is -4.60. The highest BCUT2D eigenvalue weighted by molar-refractivity contribution is 6.31. The Morgan fingerprint density at radius 3 is 2.79 bits per heavy atom. The maximum absolute atomic E-state index is 12.9. The Hall–Kier alpha value is -2.98. The second kappa shape index (κ2) is 7.95. The van der Waals surface area contributed by atoms with Gasteiger partial charge in [0.1, 0.15) is 0 Å². The van der Waals surface area contributed by atoms with Crippen LogP contribution in [0.3, 0.4) is 0 Å². The van der Waals surface area contributed by atoms with Gasteiger partial charge in [-0.05, 0) is 36.4 Å². The minimum absolute atomic E-state index is 0.0258. The first-order chi connectivity index (χ1) is 13.2. The number of halogens is 4. The number of hydrogen-bond donors (Lipinski definition) is 3. The van der Waals surface area contributed by atoms with Gasteiger partial charge in [-0.3, -0.25) is 4.79 Å². The normalized spacial score (nSPS) is 13.4. The lowest BCUT2D eigenvalue weighted by atomic mass is 10.2. The van der Waals surface area contributed by atoms with Crippen molar-refractivity contribution in [3.05, 3.63) is 53.1 Å². The number of likely N-dealkylation sites (N-methyl/N-ethyl adjacent to an activating group) is 1. The van der Waals surface area contributed by atoms with E-state index in [4.69, 9.17) is 11.6 Å². The Labute approximate surface area is 163 Å². The SMILES string of the molecule is CN(CC(=O)Nc1ccc(Cl)c(C(F)(F)F)c1)c1cccc(N2C=NN[NH2+]2)c1. The molecule has 11 heteroatoms. The Bertz CT molecular complexity index is 905. The van der Waals surface area contributed by atoms with Crippen molar-refractivity contribution < 1.29 is 23.5 Å². The number of carbonyl (C=O) groups excluding carboxylic acids is 1. The van der Waals surface area contributed by atoms with Crippen LogP contribution in [-0.2, 0) is 11.0 Å². The number of carbonyl (C=O) groups is 1. The summed E-state index contributed by atoms with van der Waals surface area (Å²) in [5.41, 5.74) is 5.00. The van der Waals surface area contributed by atoms with Crippen molar-refractivity contribution in [3.8, 4) is 0 Å². The van der Waals surface area contributed by atoms with Crippen molar-refractivity contribution in [3.63, 3.8) is 0 Å². The van der Waals surface area contributed by atoms with Gasteiger partial charge in [0.25, 0.3) is 0 Å². The lowest BCUT2D eigenvalue weighted by Gasteiger charge is -2.20. The highest BCUT2D eigenvalue weighted by Crippen LogP contribution is 2.36. The standard InChI is InChI=1S/C17H16ClF3N6O/c1-26(12-3-2-4-13(8-12)27-10-22-24-25-27)9-16(28)23-11-5-6-15(18)14(7-11)17(19,20)21/h2-8,10,24-25H,9H2,1H3,(H,23,28)/p+1. The Morgan fingerprint density at radius 2 is 2.11 bits per heavy atom. The van der Waals surface area contributed by atoms with Crippen molar-refractivity contribution in [1.82, 2.24) is 5.53 Å². The number of quaternary nitrogens is 1. The average molecular weight is 414 g/mol. The van der Waals surface area contributed by atoms with E-state index >= 15 is 0 Å². The van der Waals surface area contributed by atoms with Gasteiger partial charge in [0.2, 0.25) is 5.91 Å². The third kappa shape index (κ3) is 4.65. The summed E-state index contributed by atoms with van der Waals surface area (Å²) in [4.78, 5) is 13.9. The fourth-order valence-corrected chi connectivity index (χ4v) is 2.81. The zero-order valence-corrected chi connectivity index (χ0v) is 15.4. The molecule has 7 nitrogen and oxygen atoms in total. The number of benzene rings is 2. The highest BCUT2D eigenvalue weighted by Gasteiger charge is 2.33. The van der Waals surface area contributed by atoms with Gasteiger partial charge in [0.15, 0.2) is 6.34 Å². The predicted octanol–water partition coefficient (Wildman–Crippen LogP) is 2.18. The van der Waals surface area contributed by atoms with Crippen LogP contribution in [0, 0.1) is 0 Å². The molecule has 0 unspecified atom stereocenters. The first-order valence-electron chi connectivity index (χ1n) is 8.12. The van der Waals surface area contributed by atoms with E-state index < -0.39 is 22.7 Å². The highest BCUT2D eigenvalue weighted by atomic mass is 35.5. The molecule has 0 fully saturated rings. The molecule has 1 heterocycles. The molecule has 2 aromatic carbocycles. The summed E-state index contributed by atoms with van der Waals surface area (Å²) < 4.78 is 38.8. The molecule has 1 amide bonds. The van der Waals surface area contributed by atoms with Crippen LogP contribution in [0.2, 0.25) is 5.02 Å². The molecule has 1 aliphatic rings. The van der Waals surface area contributed by atoms with Crippen LogP contribution in [0.1, 0.15) is 5.56 Å². The molecule has 28 heavy (non-hydrogen) atoms. The van der Waals surface area contributed by atoms with Gasteiger partial charge in [-0.2, -0.15) is 18.2 Å². The molecule has 148 valence electrons. The Morgan fingerprint density at radius 1 is 1.32 bits per heavy atom. The van der Waals surface area contributed by atoms with Crippen LogP contribution >= 0.6 is 11.6 Å². The van der Waals surface area contributed by atoms with Crippen molar-refractivity contribution in [2.75, 3.05) is 28.8 Å². The summed E-state index contributed by atoms with van der Waals surface area (Å²) in [5, 5.41) is 7.68. The fourth-order valence-electron chi connectivity index (χ4n) is 2.58. The van der Waals surface area contributed by atoms with Gasteiger partial charge in [0, 0.05) is 18.4 Å². The third-order valence-electron chi connectivity index (χ3n) is 3.96. The number of nitrogens with zero attached hydrogens (tertiary/aromatic N) is 3. The van der Waals surface area contributed by atoms with E-state index in [0.717, 1.165) is 23.5 Å². The lowest BCUT2D eigenvalue weighted by molar-refractivity contribution is -0.703. The molecule has 0 aliphatic carbocycles. The summed E-state index contributed by atoms with van der Waals surface area (Å²) >= 11 is 5.59. The topological polar surface area (TPSA) is 76.6 Å². The van der Waals surface area contributed by atoms with E-state index in [2.05, 4.69) is 16.0 Å². The maximum Gasteiger partial charge on any atom is 0.417 e. The monoisotopic (exact) mass is 413 g/mol. The molecule has 0 saturated carbocycles. The van der Waals surface area contributed by atoms with Crippen LogP contribution in [0.5, 0.6) is 0 Å². The average Bonchev–Trinajstić information content (AvgIpc) is 3.17. The number of nitrogens with one attached hydrogen (secondary N) is 2. The quantitative estimate of drug-likeness (QED) is 0.657. The van der Waals surface area contributed by atoms with Crippen molar-refractivity contribution in [1.29, 1.82) is 0 Å². The summed E-state index contributed by atoms with van der Waals surface area (Å²) in [6.07, 6.45) is -3.00. The largest absolute Gasteiger partial charge is 0.417 e. The number of nitrogens with two attached hydrogens (primary N) is 1. The van der Waals surface area contributed by atoms with Crippen molar-refractivity contribution in [2.24, 2.45) is 5.10 Å². The van der Waals surface area contributed by atoms with Crippen LogP contribution in [-0.4, -0.2) is 25.8 Å². The first-order valence-corrected chi connectivity index (χ1v) is 8.50. The zero-order valence-electron chi connectivity index (χ0n) is 14.7. The van der Waals surface area contributed by atoms with E-state index in [1.165, 1.54) is 6.07 Å². The molecule has 4 N–H and O–H groups in total. The fraction of sp³-hybridized carbons (Fsp3) is 0.176. The predicted molar refractivity (Wildman–Crippen MR) is 101 cm³/mol. The van der Waals surface area contributed by atoms with Gasteiger partial charge in [0.05, 0.1) is 22.8 Å². The molecule has 3 rings (SSSR count). The molecule has 0 saturated heterocycles. The molecule has 0 radical (unpaired) electrons. The molecule has 0 aromatic heterocycles. The Kier molecular flexibility index (Phi) is 5.61. The summed E-state index contributed by atoms with van der Waals surface area (Å²) in [5.74, 6) is -0.459. The van der Waals surface area contributed by atoms with Gasteiger partial charge < -0.3 is 10.2 Å². The number of hydrogen-bond acceptors (Lipinski definition) is 5. The van der Waals surface area contributed by atoms with Crippen LogP contribution < -0.4 is 26.3 Å². The van der Waals surface area contributed by atoms with Crippen molar-refractivity contribution >= 4 is 40.9 Å². The minimum Gasteiger partial charge on any atom is -0.365 e. The molecule has 2 aromatic rings. The molecule has 0 atom stereocenters. The first kappa shape index (κ1) is 19.8. The second-order valence-electron chi connectivity index (χ2n) is 6.03. The van der Waals surface area contributed by atoms with Gasteiger partial charge >= 0.3 is 6.18 Å². The molecular formula is C17H17ClF3N6O+. The molecular weight excluding hydrogens is 397 g/mol. The third-order valence-corrected chi connectivity index (χ3v) is 4.29. The van der Waals surface area contributed by atoms with Gasteiger partial charge in [-0.25, -0.2) is 0 Å². The van der Waals surface area contributed by atoms with Gasteiger partial charge in [-0.15, -0.1) is 16.2 Å². The summed E-state index contributed by atoms with van der Waals surface area (Å²) in [7, 11) is 1.71. The number of anilines is 3. The number of amides is 1. The van der Waals surface area contributed by atoms with Crippen LogP contribution in [0.15, 0.2) is 47.6 Å². The maximum atomic E-state index is 12.9. The number of alkyl halides is 3. The van der Waals surface area contributed by atoms with Gasteiger partial charge in [-0.1, -0.05) is 17.7 Å². The second-order valence-corrected chi connectivity index (χ2v) is 6.43. The van der Waals surface area contributed by atoms with Crippen LogP contribution in [0.25, 0.3) is 0 Å². The van der Waals surface area contributed by atoms with E-state index in [1.807, 2.05) is 24.3 Å². The summed E-state index contributed by atoms with van der Waals surface area (Å²) in [6, 6.07) is 10.6. The molecule has 1 aliphatic heterocycles. The summed E-state index contributed by atoms with van der Waals surface area (Å²) in [6.45, 7) is -0.0521. The van der Waals surface area contributed by atoms with E-state index in [0.29, 0.717) is 0 Å².